The summed E-state index contributed by atoms with van der Waals surface area (Å²) in [5.74, 6) is 0.714. The van der Waals surface area contributed by atoms with Crippen LogP contribution in [0, 0.1) is 0 Å². The van der Waals surface area contributed by atoms with E-state index in [1.807, 2.05) is 24.3 Å². The molecule has 0 unspecified atom stereocenters. The van der Waals surface area contributed by atoms with Crippen LogP contribution in [-0.4, -0.2) is 25.1 Å². The van der Waals surface area contributed by atoms with Crippen LogP contribution in [0.2, 0.25) is 0 Å². The standard InChI is InChI=1S/C15H16N2O2/c18-11-17-15(7-1-2-8-15)13-5-3-12(4-6-13)14-16-9-10-19-14/h3-6H,1-2,7-10H2. The van der Waals surface area contributed by atoms with Gasteiger partial charge in [-0.15, -0.1) is 0 Å². The van der Waals surface area contributed by atoms with Crippen LogP contribution in [0.4, 0.5) is 0 Å². The summed E-state index contributed by atoms with van der Waals surface area (Å²) < 4.78 is 5.44. The summed E-state index contributed by atoms with van der Waals surface area (Å²) in [6.07, 6.45) is 5.83. The molecule has 0 N–H and O–H groups in total. The average Bonchev–Trinajstić information content (AvgIpc) is 3.11. The van der Waals surface area contributed by atoms with Crippen LogP contribution in [0.3, 0.4) is 0 Å². The lowest BCUT2D eigenvalue weighted by Gasteiger charge is -2.22. The maximum Gasteiger partial charge on any atom is 0.235 e. The molecule has 0 amide bonds. The van der Waals surface area contributed by atoms with Gasteiger partial charge >= 0.3 is 0 Å². The first-order valence-corrected chi connectivity index (χ1v) is 6.71. The molecule has 3 rings (SSSR count). The van der Waals surface area contributed by atoms with Crippen molar-refractivity contribution in [1.82, 2.24) is 0 Å². The second-order valence-corrected chi connectivity index (χ2v) is 5.05. The molecule has 1 aliphatic heterocycles. The summed E-state index contributed by atoms with van der Waals surface area (Å²) in [4.78, 5) is 19.1. The van der Waals surface area contributed by atoms with Gasteiger partial charge in [0.25, 0.3) is 0 Å². The zero-order chi connectivity index (χ0) is 13.1. The van der Waals surface area contributed by atoms with Gasteiger partial charge in [0, 0.05) is 5.56 Å². The Bertz CT molecular complexity index is 536. The molecule has 0 radical (unpaired) electrons. The van der Waals surface area contributed by atoms with Gasteiger partial charge < -0.3 is 4.74 Å². The fourth-order valence-corrected chi connectivity index (χ4v) is 2.95. The maximum absolute atomic E-state index is 10.7. The minimum absolute atomic E-state index is 0.349. The number of nitrogens with zero attached hydrogens (tertiary/aromatic N) is 2. The molecule has 98 valence electrons. The van der Waals surface area contributed by atoms with Gasteiger partial charge in [-0.3, -0.25) is 0 Å². The Morgan fingerprint density at radius 1 is 1.21 bits per heavy atom. The van der Waals surface area contributed by atoms with E-state index in [0.717, 1.165) is 43.4 Å². The Morgan fingerprint density at radius 2 is 1.95 bits per heavy atom. The maximum atomic E-state index is 10.7. The van der Waals surface area contributed by atoms with Crippen molar-refractivity contribution in [2.45, 2.75) is 31.2 Å². The predicted molar refractivity (Wildman–Crippen MR) is 72.1 cm³/mol. The minimum atomic E-state index is -0.349. The molecule has 4 nitrogen and oxygen atoms in total. The number of isocyanates is 1. The van der Waals surface area contributed by atoms with Gasteiger partial charge in [-0.1, -0.05) is 25.0 Å². The summed E-state index contributed by atoms with van der Waals surface area (Å²) >= 11 is 0. The smallest absolute Gasteiger partial charge is 0.235 e. The highest BCUT2D eigenvalue weighted by atomic mass is 16.5. The average molecular weight is 256 g/mol. The molecule has 1 saturated carbocycles. The van der Waals surface area contributed by atoms with Gasteiger partial charge in [-0.2, -0.15) is 4.99 Å². The number of aliphatic imine (C=N–C) groups is 2. The van der Waals surface area contributed by atoms with Gasteiger partial charge in [0.1, 0.15) is 6.61 Å². The van der Waals surface area contributed by atoms with Crippen molar-refractivity contribution in [1.29, 1.82) is 0 Å². The summed E-state index contributed by atoms with van der Waals surface area (Å²) in [6.45, 7) is 1.40. The normalized spacial score (nSPS) is 20.5. The Labute approximate surface area is 112 Å². The first-order chi connectivity index (χ1) is 9.34. The zero-order valence-electron chi connectivity index (χ0n) is 10.8. The number of ether oxygens (including phenoxy) is 1. The Morgan fingerprint density at radius 3 is 2.53 bits per heavy atom. The van der Waals surface area contributed by atoms with Crippen LogP contribution in [0.25, 0.3) is 0 Å². The predicted octanol–water partition coefficient (Wildman–Crippen LogP) is 2.57. The van der Waals surface area contributed by atoms with Gasteiger partial charge in [0.15, 0.2) is 0 Å². The van der Waals surface area contributed by atoms with E-state index in [0.29, 0.717) is 12.5 Å². The summed E-state index contributed by atoms with van der Waals surface area (Å²) in [5.41, 5.74) is 1.73. The fourth-order valence-electron chi connectivity index (χ4n) is 2.95. The molecule has 1 heterocycles. The van der Waals surface area contributed by atoms with Gasteiger partial charge in [0.05, 0.1) is 12.1 Å². The Kier molecular flexibility index (Phi) is 3.18. The second kappa shape index (κ2) is 4.98. The van der Waals surface area contributed by atoms with Crippen molar-refractivity contribution in [3.63, 3.8) is 0 Å². The van der Waals surface area contributed by atoms with E-state index in [4.69, 9.17) is 4.74 Å². The van der Waals surface area contributed by atoms with Crippen molar-refractivity contribution < 1.29 is 9.53 Å². The largest absolute Gasteiger partial charge is 0.476 e. The zero-order valence-corrected chi connectivity index (χ0v) is 10.8. The summed E-state index contributed by atoms with van der Waals surface area (Å²) in [5, 5.41) is 0. The monoisotopic (exact) mass is 256 g/mol. The number of carbonyl (C=O) groups excluding carboxylic acids is 1. The van der Waals surface area contributed by atoms with E-state index in [1.165, 1.54) is 0 Å². The van der Waals surface area contributed by atoms with E-state index >= 15 is 0 Å². The molecule has 0 saturated heterocycles. The van der Waals surface area contributed by atoms with Crippen LogP contribution in [-0.2, 0) is 15.1 Å². The van der Waals surface area contributed by atoms with E-state index in [1.54, 1.807) is 6.08 Å². The quantitative estimate of drug-likeness (QED) is 0.616. The lowest BCUT2D eigenvalue weighted by Crippen LogP contribution is -2.19. The van der Waals surface area contributed by atoms with Crippen LogP contribution < -0.4 is 0 Å². The molecule has 0 bridgehead atoms. The molecule has 1 aromatic rings. The third-order valence-corrected chi connectivity index (χ3v) is 3.95. The Hall–Kier alpha value is -1.93. The number of benzene rings is 1. The highest BCUT2D eigenvalue weighted by Gasteiger charge is 2.35. The van der Waals surface area contributed by atoms with E-state index < -0.39 is 0 Å². The topological polar surface area (TPSA) is 51.0 Å². The van der Waals surface area contributed by atoms with Gasteiger partial charge in [-0.05, 0) is 30.5 Å². The van der Waals surface area contributed by atoms with Gasteiger partial charge in [-0.25, -0.2) is 9.79 Å². The third-order valence-electron chi connectivity index (χ3n) is 3.95. The van der Waals surface area contributed by atoms with Crippen molar-refractivity contribution >= 4 is 12.0 Å². The molecule has 0 aromatic heterocycles. The highest BCUT2D eigenvalue weighted by Crippen LogP contribution is 2.42. The SMILES string of the molecule is O=C=NC1(c2ccc(C3=NCCO3)cc2)CCCC1. The first-order valence-electron chi connectivity index (χ1n) is 6.71. The van der Waals surface area contributed by atoms with Crippen molar-refractivity contribution in [3.8, 4) is 0 Å². The van der Waals surface area contributed by atoms with Crippen LogP contribution in [0.5, 0.6) is 0 Å². The molecule has 1 aromatic carbocycles. The molecular weight excluding hydrogens is 240 g/mol. The van der Waals surface area contributed by atoms with Crippen molar-refractivity contribution in [2.75, 3.05) is 13.2 Å². The van der Waals surface area contributed by atoms with Crippen LogP contribution in [0.1, 0.15) is 36.8 Å². The molecule has 0 spiro atoms. The van der Waals surface area contributed by atoms with E-state index in [2.05, 4.69) is 9.98 Å². The molecule has 1 fully saturated rings. The molecular formula is C15H16N2O2. The van der Waals surface area contributed by atoms with Crippen LogP contribution >= 0.6 is 0 Å². The lowest BCUT2D eigenvalue weighted by atomic mass is 9.88. The van der Waals surface area contributed by atoms with E-state index in [9.17, 15) is 4.79 Å². The van der Waals surface area contributed by atoms with Crippen molar-refractivity contribution in [3.05, 3.63) is 35.4 Å². The highest BCUT2D eigenvalue weighted by molar-refractivity contribution is 5.94. The third kappa shape index (κ3) is 2.20. The summed E-state index contributed by atoms with van der Waals surface area (Å²) in [6, 6.07) is 8.07. The minimum Gasteiger partial charge on any atom is -0.476 e. The second-order valence-electron chi connectivity index (χ2n) is 5.05. The Balaban J connectivity index is 1.91. The van der Waals surface area contributed by atoms with Crippen LogP contribution in [0.15, 0.2) is 34.3 Å². The van der Waals surface area contributed by atoms with E-state index in [-0.39, 0.29) is 5.54 Å². The summed E-state index contributed by atoms with van der Waals surface area (Å²) in [7, 11) is 0. The molecule has 19 heavy (non-hydrogen) atoms. The molecule has 2 aliphatic rings. The fraction of sp³-hybridized carbons (Fsp3) is 0.467. The molecule has 4 heteroatoms. The molecule has 1 aliphatic carbocycles. The first kappa shape index (κ1) is 12.1. The number of rotatable bonds is 3. The molecule has 0 atom stereocenters. The number of hydrogen-bond donors (Lipinski definition) is 0. The van der Waals surface area contributed by atoms with Crippen molar-refractivity contribution in [2.24, 2.45) is 9.98 Å². The lowest BCUT2D eigenvalue weighted by molar-refractivity contribution is 0.348. The van der Waals surface area contributed by atoms with Gasteiger partial charge in [0.2, 0.25) is 12.0 Å². The number of hydrogen-bond acceptors (Lipinski definition) is 4.